The number of hydrogen-bond donors (Lipinski definition) is 2. The molecular weight excluding hydrogens is 415 g/mol. The summed E-state index contributed by atoms with van der Waals surface area (Å²) in [4.78, 5) is 29.8. The van der Waals surface area contributed by atoms with Crippen molar-refractivity contribution in [2.75, 3.05) is 6.61 Å². The van der Waals surface area contributed by atoms with Crippen LogP contribution >= 0.6 is 0 Å². The predicted octanol–water partition coefficient (Wildman–Crippen LogP) is 2.28. The lowest BCUT2D eigenvalue weighted by Gasteiger charge is -2.21. The summed E-state index contributed by atoms with van der Waals surface area (Å²) in [6.45, 7) is 1.88. The number of cyclic esters (lactones) is 1. The molecule has 3 aromatic rings. The lowest BCUT2D eigenvalue weighted by Crippen LogP contribution is -2.32. The van der Waals surface area contributed by atoms with Crippen LogP contribution in [0, 0.1) is 18.2 Å². The molecular formula is C24H21FN2O5. The molecule has 7 nitrogen and oxygen atoms in total. The van der Waals surface area contributed by atoms with Gasteiger partial charge >= 0.3 is 5.97 Å². The maximum absolute atomic E-state index is 14.4. The molecule has 6 rings (SSSR count). The molecule has 0 bridgehead atoms. The summed E-state index contributed by atoms with van der Waals surface area (Å²) in [6.07, 6.45) is 0.915. The number of esters is 1. The number of aliphatic hydroxyl groups is 2. The third-order valence-electron chi connectivity index (χ3n) is 7.20. The zero-order valence-corrected chi connectivity index (χ0v) is 17.4. The van der Waals surface area contributed by atoms with E-state index in [0.717, 1.165) is 29.4 Å². The molecule has 1 atom stereocenters. The van der Waals surface area contributed by atoms with Gasteiger partial charge in [0.15, 0.2) is 6.10 Å². The van der Waals surface area contributed by atoms with Crippen molar-refractivity contribution < 1.29 is 24.1 Å². The normalized spacial score (nSPS) is 20.0. The van der Waals surface area contributed by atoms with Crippen molar-refractivity contribution in [3.05, 3.63) is 62.2 Å². The van der Waals surface area contributed by atoms with Crippen LogP contribution in [0.25, 0.3) is 22.3 Å². The molecule has 8 heteroatoms. The number of carbonyl (C=O) groups is 1. The van der Waals surface area contributed by atoms with Crippen LogP contribution < -0.4 is 5.56 Å². The van der Waals surface area contributed by atoms with Gasteiger partial charge in [0.25, 0.3) is 5.56 Å². The van der Waals surface area contributed by atoms with E-state index in [1.54, 1.807) is 23.6 Å². The van der Waals surface area contributed by atoms with E-state index < -0.39 is 12.1 Å². The van der Waals surface area contributed by atoms with Crippen molar-refractivity contribution in [3.8, 4) is 11.4 Å². The van der Waals surface area contributed by atoms with E-state index in [-0.39, 0.29) is 47.7 Å². The number of ether oxygens (including phenoxy) is 1. The fraction of sp³-hybridized carbons (Fsp3) is 0.375. The van der Waals surface area contributed by atoms with E-state index in [4.69, 9.17) is 9.72 Å². The second-order valence-electron chi connectivity index (χ2n) is 9.24. The van der Waals surface area contributed by atoms with Gasteiger partial charge in [-0.1, -0.05) is 0 Å². The minimum Gasteiger partial charge on any atom is -0.458 e. The minimum absolute atomic E-state index is 0.0681. The van der Waals surface area contributed by atoms with E-state index in [1.807, 2.05) is 0 Å². The summed E-state index contributed by atoms with van der Waals surface area (Å²) in [7, 11) is 0. The van der Waals surface area contributed by atoms with Crippen LogP contribution in [-0.4, -0.2) is 32.3 Å². The number of aryl methyl sites for hydroxylation is 1. The van der Waals surface area contributed by atoms with Gasteiger partial charge in [0.05, 0.1) is 29.0 Å². The highest BCUT2D eigenvalue weighted by atomic mass is 19.1. The van der Waals surface area contributed by atoms with Gasteiger partial charge in [0, 0.05) is 29.2 Å². The van der Waals surface area contributed by atoms with Crippen molar-refractivity contribution in [1.29, 1.82) is 0 Å². The standard InChI is InChI=1S/C24H21FN2O5/c1-11-4-12-14(7-24(10-28)2-3-24)15-8-27-19(20(15)26-18(12)6-17(11)25)5-13-16(22(27)30)9-32-23(31)21(13)29/h4-6,21,28-29H,2-3,7-10H2,1H3/t21-/m0/s1. The van der Waals surface area contributed by atoms with Crippen LogP contribution in [-0.2, 0) is 29.1 Å². The molecule has 0 amide bonds. The Labute approximate surface area is 182 Å². The molecule has 2 aliphatic heterocycles. The van der Waals surface area contributed by atoms with E-state index >= 15 is 0 Å². The fourth-order valence-electron chi connectivity index (χ4n) is 4.98. The molecule has 2 N–H and O–H groups in total. The molecule has 1 fully saturated rings. The lowest BCUT2D eigenvalue weighted by atomic mass is 9.89. The van der Waals surface area contributed by atoms with E-state index in [0.29, 0.717) is 28.9 Å². The average molecular weight is 436 g/mol. The number of halogens is 1. The minimum atomic E-state index is -1.52. The summed E-state index contributed by atoms with van der Waals surface area (Å²) in [6, 6.07) is 4.81. The molecule has 1 aromatic carbocycles. The second kappa shape index (κ2) is 6.46. The fourth-order valence-corrected chi connectivity index (χ4v) is 4.98. The monoisotopic (exact) mass is 436 g/mol. The number of benzene rings is 1. The number of rotatable bonds is 3. The number of carbonyl (C=O) groups excluding carboxylic acids is 1. The molecule has 2 aromatic heterocycles. The zero-order chi connectivity index (χ0) is 22.4. The maximum atomic E-state index is 14.4. The largest absolute Gasteiger partial charge is 0.458 e. The molecule has 0 saturated heterocycles. The first kappa shape index (κ1) is 19.6. The second-order valence-corrected chi connectivity index (χ2v) is 9.24. The number of fused-ring (bicyclic) bond motifs is 5. The molecule has 1 saturated carbocycles. The summed E-state index contributed by atoms with van der Waals surface area (Å²) in [5.41, 5.74) is 3.84. The number of hydrogen-bond acceptors (Lipinski definition) is 6. The highest BCUT2D eigenvalue weighted by Crippen LogP contribution is 2.50. The van der Waals surface area contributed by atoms with Crippen molar-refractivity contribution in [1.82, 2.24) is 9.55 Å². The first-order valence-corrected chi connectivity index (χ1v) is 10.7. The van der Waals surface area contributed by atoms with Crippen molar-refractivity contribution in [3.63, 3.8) is 0 Å². The Bertz CT molecular complexity index is 1410. The van der Waals surface area contributed by atoms with Gasteiger partial charge < -0.3 is 19.5 Å². The van der Waals surface area contributed by atoms with Gasteiger partial charge in [-0.3, -0.25) is 4.79 Å². The van der Waals surface area contributed by atoms with E-state index in [2.05, 4.69) is 0 Å². The zero-order valence-electron chi connectivity index (χ0n) is 17.4. The number of aromatic nitrogens is 2. The first-order valence-electron chi connectivity index (χ1n) is 10.7. The molecule has 0 spiro atoms. The molecule has 164 valence electrons. The van der Waals surface area contributed by atoms with Gasteiger partial charge in [-0.15, -0.1) is 0 Å². The Kier molecular flexibility index (Phi) is 3.95. The Morgan fingerprint density at radius 2 is 2.03 bits per heavy atom. The first-order chi connectivity index (χ1) is 15.3. The summed E-state index contributed by atoms with van der Waals surface area (Å²) in [5.74, 6) is -1.15. The van der Waals surface area contributed by atoms with Crippen LogP contribution in [0.3, 0.4) is 0 Å². The van der Waals surface area contributed by atoms with Gasteiger partial charge in [0.1, 0.15) is 12.4 Å². The molecule has 1 aliphatic carbocycles. The smallest absolute Gasteiger partial charge is 0.340 e. The van der Waals surface area contributed by atoms with Gasteiger partial charge in [-0.25, -0.2) is 14.2 Å². The lowest BCUT2D eigenvalue weighted by molar-refractivity contribution is -0.157. The number of pyridine rings is 2. The van der Waals surface area contributed by atoms with Gasteiger partial charge in [0.2, 0.25) is 0 Å². The Hall–Kier alpha value is -3.10. The van der Waals surface area contributed by atoms with Crippen LogP contribution in [0.15, 0.2) is 23.0 Å². The quantitative estimate of drug-likeness (QED) is 0.478. The van der Waals surface area contributed by atoms with E-state index in [9.17, 15) is 24.2 Å². The maximum Gasteiger partial charge on any atom is 0.340 e. The topological polar surface area (TPSA) is 102 Å². The highest BCUT2D eigenvalue weighted by Gasteiger charge is 2.44. The Morgan fingerprint density at radius 1 is 1.25 bits per heavy atom. The van der Waals surface area contributed by atoms with Crippen molar-refractivity contribution in [2.45, 2.75) is 45.4 Å². The SMILES string of the molecule is Cc1cc2c(CC3(CO)CC3)c3c(nc2cc1F)-c1cc2c(c(=O)n1C3)COC(=O)[C@H]2O. The van der Waals surface area contributed by atoms with Crippen LogP contribution in [0.4, 0.5) is 4.39 Å². The Balaban J connectivity index is 1.63. The number of aliphatic hydroxyl groups excluding tert-OH is 2. The van der Waals surface area contributed by atoms with Crippen molar-refractivity contribution >= 4 is 16.9 Å². The van der Waals surface area contributed by atoms with E-state index in [1.165, 1.54) is 6.07 Å². The highest BCUT2D eigenvalue weighted by molar-refractivity contribution is 5.89. The summed E-state index contributed by atoms with van der Waals surface area (Å²) in [5, 5.41) is 21.1. The predicted molar refractivity (Wildman–Crippen MR) is 112 cm³/mol. The van der Waals surface area contributed by atoms with Crippen LogP contribution in [0.1, 0.15) is 46.8 Å². The molecule has 3 aliphatic rings. The van der Waals surface area contributed by atoms with Gasteiger partial charge in [-0.05, 0) is 54.9 Å². The van der Waals surface area contributed by atoms with Crippen molar-refractivity contribution in [2.24, 2.45) is 5.41 Å². The van der Waals surface area contributed by atoms with Gasteiger partial charge in [-0.2, -0.15) is 0 Å². The molecule has 0 unspecified atom stereocenters. The molecule has 0 radical (unpaired) electrons. The molecule has 32 heavy (non-hydrogen) atoms. The third kappa shape index (κ3) is 2.63. The summed E-state index contributed by atoms with van der Waals surface area (Å²) >= 11 is 0. The number of nitrogens with zero attached hydrogens (tertiary/aromatic N) is 2. The Morgan fingerprint density at radius 3 is 2.75 bits per heavy atom. The average Bonchev–Trinajstić information content (AvgIpc) is 3.46. The van der Waals surface area contributed by atoms with Crippen LogP contribution in [0.2, 0.25) is 0 Å². The molecule has 4 heterocycles. The summed E-state index contributed by atoms with van der Waals surface area (Å²) < 4.78 is 20.9. The van der Waals surface area contributed by atoms with Crippen LogP contribution in [0.5, 0.6) is 0 Å². The third-order valence-corrected chi connectivity index (χ3v) is 7.20.